The number of esters is 1. The van der Waals surface area contributed by atoms with Gasteiger partial charge in [-0.05, 0) is 37.6 Å². The molecule has 2 amide bonds. The molecular formula is C23H22N2O5. The first kappa shape index (κ1) is 19.7. The largest absolute Gasteiger partial charge is 0.459 e. The Hall–Kier alpha value is -3.61. The van der Waals surface area contributed by atoms with E-state index in [1.807, 2.05) is 30.3 Å². The predicted octanol–water partition coefficient (Wildman–Crippen LogP) is 3.59. The van der Waals surface area contributed by atoms with Gasteiger partial charge in [0, 0.05) is 18.4 Å². The molecule has 154 valence electrons. The fourth-order valence-electron chi connectivity index (χ4n) is 3.56. The van der Waals surface area contributed by atoms with E-state index < -0.39 is 18.5 Å². The van der Waals surface area contributed by atoms with Crippen LogP contribution in [0.5, 0.6) is 0 Å². The summed E-state index contributed by atoms with van der Waals surface area (Å²) < 4.78 is 10.9. The first-order valence-corrected chi connectivity index (χ1v) is 9.87. The van der Waals surface area contributed by atoms with Crippen molar-refractivity contribution in [3.8, 4) is 0 Å². The van der Waals surface area contributed by atoms with Crippen LogP contribution in [0.4, 0.5) is 5.69 Å². The van der Waals surface area contributed by atoms with Gasteiger partial charge in [0.1, 0.15) is 11.3 Å². The molecule has 0 radical (unpaired) electrons. The van der Waals surface area contributed by atoms with Crippen LogP contribution in [0.15, 0.2) is 59.0 Å². The van der Waals surface area contributed by atoms with Crippen molar-refractivity contribution < 1.29 is 23.5 Å². The summed E-state index contributed by atoms with van der Waals surface area (Å²) in [7, 11) is 0. The van der Waals surface area contributed by atoms with Crippen LogP contribution in [0.2, 0.25) is 0 Å². The number of benzene rings is 2. The van der Waals surface area contributed by atoms with E-state index in [-0.39, 0.29) is 17.5 Å². The lowest BCUT2D eigenvalue weighted by Gasteiger charge is -2.19. The number of carbonyl (C=O) groups is 3. The summed E-state index contributed by atoms with van der Waals surface area (Å²) in [6.45, 7) is 1.94. The number of fused-ring (bicyclic) bond motifs is 1. The van der Waals surface area contributed by atoms with Crippen molar-refractivity contribution >= 4 is 34.4 Å². The maximum absolute atomic E-state index is 12.5. The topological polar surface area (TPSA) is 88.9 Å². The normalized spacial score (nSPS) is 14.7. The maximum Gasteiger partial charge on any atom is 0.340 e. The molecule has 1 saturated heterocycles. The summed E-state index contributed by atoms with van der Waals surface area (Å²) in [6.07, 6.45) is 1.22. The van der Waals surface area contributed by atoms with E-state index in [2.05, 4.69) is 5.32 Å². The smallest absolute Gasteiger partial charge is 0.340 e. The van der Waals surface area contributed by atoms with Crippen LogP contribution in [-0.2, 0) is 14.3 Å². The second-order valence-electron chi connectivity index (χ2n) is 7.22. The van der Waals surface area contributed by atoms with Crippen LogP contribution in [0, 0.1) is 0 Å². The van der Waals surface area contributed by atoms with Gasteiger partial charge in [0.05, 0.1) is 17.3 Å². The van der Waals surface area contributed by atoms with Gasteiger partial charge in [-0.15, -0.1) is 0 Å². The van der Waals surface area contributed by atoms with Gasteiger partial charge >= 0.3 is 5.97 Å². The second kappa shape index (κ2) is 8.41. The van der Waals surface area contributed by atoms with Crippen molar-refractivity contribution in [1.29, 1.82) is 0 Å². The highest BCUT2D eigenvalue weighted by atomic mass is 16.5. The summed E-state index contributed by atoms with van der Waals surface area (Å²) in [6, 6.07) is 15.8. The molecule has 0 bridgehead atoms. The van der Waals surface area contributed by atoms with E-state index in [9.17, 15) is 14.4 Å². The van der Waals surface area contributed by atoms with Gasteiger partial charge in [0.2, 0.25) is 5.91 Å². The molecule has 3 aromatic rings. The van der Waals surface area contributed by atoms with E-state index in [1.54, 1.807) is 36.1 Å². The molecule has 2 aromatic carbocycles. The zero-order valence-electron chi connectivity index (χ0n) is 16.6. The van der Waals surface area contributed by atoms with Crippen molar-refractivity contribution in [1.82, 2.24) is 5.32 Å². The van der Waals surface area contributed by atoms with E-state index in [4.69, 9.17) is 9.15 Å². The van der Waals surface area contributed by atoms with Gasteiger partial charge in [0.15, 0.2) is 6.61 Å². The average Bonchev–Trinajstić information content (AvgIpc) is 3.38. The van der Waals surface area contributed by atoms with Crippen LogP contribution in [0.25, 0.3) is 11.0 Å². The Bertz CT molecular complexity index is 1070. The number of hydrogen-bond donors (Lipinski definition) is 1. The van der Waals surface area contributed by atoms with Crippen molar-refractivity contribution in [2.45, 2.75) is 25.8 Å². The van der Waals surface area contributed by atoms with Gasteiger partial charge in [-0.1, -0.05) is 30.3 Å². The Labute approximate surface area is 173 Å². The fraction of sp³-hybridized carbons (Fsp3) is 0.261. The molecule has 1 fully saturated rings. The molecule has 7 heteroatoms. The third kappa shape index (κ3) is 4.05. The number of nitrogens with zero attached hydrogens (tertiary/aromatic N) is 1. The molecule has 0 aliphatic carbocycles. The molecule has 1 atom stereocenters. The van der Waals surface area contributed by atoms with Gasteiger partial charge in [-0.25, -0.2) is 4.79 Å². The Balaban J connectivity index is 1.37. The number of para-hydroxylation sites is 2. The minimum absolute atomic E-state index is 0.0207. The predicted molar refractivity (Wildman–Crippen MR) is 111 cm³/mol. The molecule has 1 aromatic heterocycles. The van der Waals surface area contributed by atoms with Gasteiger partial charge < -0.3 is 19.4 Å². The monoisotopic (exact) mass is 406 g/mol. The molecule has 1 aliphatic rings. The van der Waals surface area contributed by atoms with E-state index in [0.29, 0.717) is 24.4 Å². The van der Waals surface area contributed by atoms with E-state index in [1.165, 1.54) is 0 Å². The molecule has 0 unspecified atom stereocenters. The molecule has 0 spiro atoms. The Morgan fingerprint density at radius 2 is 1.93 bits per heavy atom. The van der Waals surface area contributed by atoms with Crippen molar-refractivity contribution in [2.75, 3.05) is 18.1 Å². The minimum atomic E-state index is -0.642. The van der Waals surface area contributed by atoms with Crippen LogP contribution in [-0.4, -0.2) is 30.9 Å². The average molecular weight is 406 g/mol. The first-order valence-electron chi connectivity index (χ1n) is 9.87. The lowest BCUT2D eigenvalue weighted by atomic mass is 10.1. The number of anilines is 1. The maximum atomic E-state index is 12.5. The summed E-state index contributed by atoms with van der Waals surface area (Å²) in [5.41, 5.74) is 1.53. The molecule has 0 saturated carbocycles. The lowest BCUT2D eigenvalue weighted by molar-refractivity contribution is -0.125. The van der Waals surface area contributed by atoms with E-state index >= 15 is 0 Å². The summed E-state index contributed by atoms with van der Waals surface area (Å²) in [4.78, 5) is 38.4. The number of rotatable bonds is 6. The highest BCUT2D eigenvalue weighted by Gasteiger charge is 2.26. The third-order valence-electron chi connectivity index (χ3n) is 5.07. The molecular weight excluding hydrogens is 384 g/mol. The number of hydrogen-bond acceptors (Lipinski definition) is 5. The number of amides is 2. The summed E-state index contributed by atoms with van der Waals surface area (Å²) >= 11 is 0. The number of nitrogens with one attached hydrogen (secondary N) is 1. The Morgan fingerprint density at radius 3 is 2.70 bits per heavy atom. The SMILES string of the molecule is C[C@H](NC(=O)COC(=O)c1ccccc1N1CCCC1=O)c1cc2ccccc2o1. The fourth-order valence-corrected chi connectivity index (χ4v) is 3.56. The van der Waals surface area contributed by atoms with Gasteiger partial charge in [-0.2, -0.15) is 0 Å². The summed E-state index contributed by atoms with van der Waals surface area (Å²) in [5.74, 6) is -0.482. The molecule has 2 heterocycles. The van der Waals surface area contributed by atoms with Gasteiger partial charge in [0.25, 0.3) is 5.91 Å². The second-order valence-corrected chi connectivity index (χ2v) is 7.22. The van der Waals surface area contributed by atoms with Gasteiger partial charge in [-0.3, -0.25) is 9.59 Å². The minimum Gasteiger partial charge on any atom is -0.459 e. The van der Waals surface area contributed by atoms with Crippen LogP contribution in [0.1, 0.15) is 41.9 Å². The third-order valence-corrected chi connectivity index (χ3v) is 5.07. The van der Waals surface area contributed by atoms with E-state index in [0.717, 1.165) is 17.4 Å². The van der Waals surface area contributed by atoms with Crippen LogP contribution < -0.4 is 10.2 Å². The Morgan fingerprint density at radius 1 is 1.17 bits per heavy atom. The van der Waals surface area contributed by atoms with Crippen molar-refractivity contribution in [2.24, 2.45) is 0 Å². The van der Waals surface area contributed by atoms with Crippen LogP contribution in [0.3, 0.4) is 0 Å². The quantitative estimate of drug-likeness (QED) is 0.632. The van der Waals surface area contributed by atoms with Crippen molar-refractivity contribution in [3.63, 3.8) is 0 Å². The molecule has 4 rings (SSSR count). The first-order chi connectivity index (χ1) is 14.5. The number of furan rings is 1. The highest BCUT2D eigenvalue weighted by molar-refractivity contribution is 6.03. The molecule has 1 N–H and O–H groups in total. The zero-order valence-corrected chi connectivity index (χ0v) is 16.6. The van der Waals surface area contributed by atoms with Crippen LogP contribution >= 0.6 is 0 Å². The standard InChI is InChI=1S/C23H22N2O5/c1-15(20-13-16-7-2-5-10-19(16)30-20)24-21(26)14-29-23(28)17-8-3-4-9-18(17)25-12-6-11-22(25)27/h2-5,7-10,13,15H,6,11-12,14H2,1H3,(H,24,26)/t15-/m0/s1. The zero-order chi connectivity index (χ0) is 21.1. The highest BCUT2D eigenvalue weighted by Crippen LogP contribution is 2.26. The molecule has 1 aliphatic heterocycles. The number of ether oxygens (including phenoxy) is 1. The lowest BCUT2D eigenvalue weighted by Crippen LogP contribution is -2.31. The summed E-state index contributed by atoms with van der Waals surface area (Å²) in [5, 5.41) is 3.72. The Kier molecular flexibility index (Phi) is 5.52. The molecule has 7 nitrogen and oxygen atoms in total. The van der Waals surface area contributed by atoms with Crippen molar-refractivity contribution in [3.05, 3.63) is 65.9 Å². The number of carbonyl (C=O) groups excluding carboxylic acids is 3. The molecule has 30 heavy (non-hydrogen) atoms.